The highest BCUT2D eigenvalue weighted by atomic mass is 35.5. The number of phenols is 1. The molecule has 0 atom stereocenters. The van der Waals surface area contributed by atoms with Crippen LogP contribution < -0.4 is 4.74 Å². The smallest absolute Gasteiger partial charge is 0.139 e. The second-order valence-electron chi connectivity index (χ2n) is 2.28. The molecule has 66 valence electrons. The molecule has 4 heteroatoms. The first kappa shape index (κ1) is 9.16. The minimum absolute atomic E-state index is 0.0973. The van der Waals surface area contributed by atoms with Crippen molar-refractivity contribution < 1.29 is 14.9 Å². The third-order valence-corrected chi connectivity index (χ3v) is 1.81. The third kappa shape index (κ3) is 1.62. The average Bonchev–Trinajstić information content (AvgIpc) is 2.09. The van der Waals surface area contributed by atoms with Crippen LogP contribution in [0.4, 0.5) is 0 Å². The van der Waals surface area contributed by atoms with E-state index in [0.717, 1.165) is 0 Å². The number of hydrogen-bond acceptors (Lipinski definition) is 3. The summed E-state index contributed by atoms with van der Waals surface area (Å²) in [6, 6.07) is 3.01. The number of benzene rings is 1. The summed E-state index contributed by atoms with van der Waals surface area (Å²) < 4.78 is 4.89. The molecular weight excluding hydrogens is 180 g/mol. The summed E-state index contributed by atoms with van der Waals surface area (Å²) >= 11 is 5.64. The summed E-state index contributed by atoms with van der Waals surface area (Å²) in [5.74, 6) is 0.418. The van der Waals surface area contributed by atoms with E-state index in [2.05, 4.69) is 0 Å². The molecule has 0 aliphatic rings. The van der Waals surface area contributed by atoms with Gasteiger partial charge in [-0.25, -0.2) is 0 Å². The largest absolute Gasteiger partial charge is 0.506 e. The van der Waals surface area contributed by atoms with E-state index in [1.165, 1.54) is 19.2 Å². The zero-order valence-electron chi connectivity index (χ0n) is 6.54. The molecule has 1 rings (SSSR count). The summed E-state index contributed by atoms with van der Waals surface area (Å²) in [4.78, 5) is 0. The van der Waals surface area contributed by atoms with Crippen molar-refractivity contribution in [2.75, 3.05) is 7.11 Å². The number of methoxy groups -OCH3 is 1. The summed E-state index contributed by atoms with van der Waals surface area (Å²) in [6.07, 6.45) is 0. The second-order valence-corrected chi connectivity index (χ2v) is 2.68. The molecule has 1 aromatic rings. The van der Waals surface area contributed by atoms with E-state index >= 15 is 0 Å². The fraction of sp³-hybridized carbons (Fsp3) is 0.250. The van der Waals surface area contributed by atoms with Crippen molar-refractivity contribution in [2.45, 2.75) is 6.61 Å². The van der Waals surface area contributed by atoms with E-state index in [-0.39, 0.29) is 17.4 Å². The molecule has 0 heterocycles. The second kappa shape index (κ2) is 3.65. The van der Waals surface area contributed by atoms with E-state index in [1.54, 1.807) is 0 Å². The molecule has 0 aliphatic carbocycles. The maximum absolute atomic E-state index is 9.27. The maximum atomic E-state index is 9.27. The van der Waals surface area contributed by atoms with Crippen LogP contribution in [-0.4, -0.2) is 17.3 Å². The molecule has 1 aromatic carbocycles. The third-order valence-electron chi connectivity index (χ3n) is 1.52. The number of rotatable bonds is 2. The first-order chi connectivity index (χ1) is 5.69. The van der Waals surface area contributed by atoms with Crippen LogP contribution in [0.3, 0.4) is 0 Å². The predicted octanol–water partition coefficient (Wildman–Crippen LogP) is 1.55. The number of halogens is 1. The number of aliphatic hydroxyl groups is 1. The molecule has 0 aromatic heterocycles. The van der Waals surface area contributed by atoms with E-state index in [1.807, 2.05) is 0 Å². The summed E-state index contributed by atoms with van der Waals surface area (Å²) in [7, 11) is 1.49. The van der Waals surface area contributed by atoms with Gasteiger partial charge in [-0.1, -0.05) is 11.6 Å². The fourth-order valence-corrected chi connectivity index (χ4v) is 1.10. The lowest BCUT2D eigenvalue weighted by Crippen LogP contribution is -1.88. The minimum atomic E-state index is -0.261. The van der Waals surface area contributed by atoms with Crippen molar-refractivity contribution in [3.05, 3.63) is 22.7 Å². The lowest BCUT2D eigenvalue weighted by Gasteiger charge is -2.06. The molecule has 0 bridgehead atoms. The van der Waals surface area contributed by atoms with Gasteiger partial charge in [-0.05, 0) is 6.07 Å². The zero-order chi connectivity index (χ0) is 9.14. The van der Waals surface area contributed by atoms with Crippen molar-refractivity contribution in [3.8, 4) is 11.5 Å². The van der Waals surface area contributed by atoms with Crippen LogP contribution in [0, 0.1) is 0 Å². The Morgan fingerprint density at radius 1 is 1.50 bits per heavy atom. The van der Waals surface area contributed by atoms with Crippen LogP contribution in [0.15, 0.2) is 12.1 Å². The highest BCUT2D eigenvalue weighted by molar-refractivity contribution is 6.32. The molecule has 0 radical (unpaired) electrons. The monoisotopic (exact) mass is 188 g/mol. The van der Waals surface area contributed by atoms with Gasteiger partial charge >= 0.3 is 0 Å². The van der Waals surface area contributed by atoms with Gasteiger partial charge in [0, 0.05) is 11.6 Å². The van der Waals surface area contributed by atoms with Crippen molar-refractivity contribution in [3.63, 3.8) is 0 Å². The van der Waals surface area contributed by atoms with Crippen LogP contribution in [0.1, 0.15) is 5.56 Å². The van der Waals surface area contributed by atoms with Gasteiger partial charge in [0.05, 0.1) is 18.7 Å². The number of aromatic hydroxyl groups is 1. The van der Waals surface area contributed by atoms with E-state index in [0.29, 0.717) is 11.3 Å². The lowest BCUT2D eigenvalue weighted by atomic mass is 10.2. The average molecular weight is 189 g/mol. The van der Waals surface area contributed by atoms with Crippen LogP contribution in [0.25, 0.3) is 0 Å². The first-order valence-electron chi connectivity index (χ1n) is 3.35. The predicted molar refractivity (Wildman–Crippen MR) is 45.6 cm³/mol. The van der Waals surface area contributed by atoms with E-state index < -0.39 is 0 Å². The van der Waals surface area contributed by atoms with Crippen molar-refractivity contribution >= 4 is 11.6 Å². The standard InChI is InChI=1S/C8H9ClO3/c1-12-6-2-5(4-10)8(11)7(9)3-6/h2-3,10-11H,4H2,1H3. The van der Waals surface area contributed by atoms with Crippen LogP contribution in [-0.2, 0) is 6.61 Å². The Bertz CT molecular complexity index is 286. The van der Waals surface area contributed by atoms with Crippen molar-refractivity contribution in [1.82, 2.24) is 0 Å². The van der Waals surface area contributed by atoms with Gasteiger partial charge in [0.15, 0.2) is 0 Å². The molecule has 0 aliphatic heterocycles. The normalized spacial score (nSPS) is 9.92. The highest BCUT2D eigenvalue weighted by Gasteiger charge is 2.07. The Hall–Kier alpha value is -0.930. The molecule has 0 unspecified atom stereocenters. The first-order valence-corrected chi connectivity index (χ1v) is 3.73. The summed E-state index contributed by atoms with van der Waals surface area (Å²) in [6.45, 7) is -0.261. The van der Waals surface area contributed by atoms with Crippen molar-refractivity contribution in [2.24, 2.45) is 0 Å². The van der Waals surface area contributed by atoms with Crippen LogP contribution >= 0.6 is 11.6 Å². The zero-order valence-corrected chi connectivity index (χ0v) is 7.30. The van der Waals surface area contributed by atoms with Gasteiger partial charge in [-0.15, -0.1) is 0 Å². The molecule has 0 saturated carbocycles. The summed E-state index contributed by atoms with van der Waals surface area (Å²) in [5.41, 5.74) is 0.361. The van der Waals surface area contributed by atoms with Crippen LogP contribution in [0.5, 0.6) is 11.5 Å². The topological polar surface area (TPSA) is 49.7 Å². The van der Waals surface area contributed by atoms with Gasteiger partial charge in [0.2, 0.25) is 0 Å². The fourth-order valence-electron chi connectivity index (χ4n) is 0.867. The lowest BCUT2D eigenvalue weighted by molar-refractivity contribution is 0.274. The SMILES string of the molecule is COc1cc(Cl)c(O)c(CO)c1. The molecule has 0 fully saturated rings. The van der Waals surface area contributed by atoms with Crippen molar-refractivity contribution in [1.29, 1.82) is 0 Å². The molecular formula is C8H9ClO3. The van der Waals surface area contributed by atoms with Gasteiger partial charge in [-0.2, -0.15) is 0 Å². The van der Waals surface area contributed by atoms with E-state index in [9.17, 15) is 5.11 Å². The highest BCUT2D eigenvalue weighted by Crippen LogP contribution is 2.31. The molecule has 2 N–H and O–H groups in total. The molecule has 0 saturated heterocycles. The maximum Gasteiger partial charge on any atom is 0.139 e. The van der Waals surface area contributed by atoms with Gasteiger partial charge in [-0.3, -0.25) is 0 Å². The molecule has 12 heavy (non-hydrogen) atoms. The Morgan fingerprint density at radius 2 is 2.17 bits per heavy atom. The number of hydrogen-bond donors (Lipinski definition) is 2. The quantitative estimate of drug-likeness (QED) is 0.741. The van der Waals surface area contributed by atoms with Crippen LogP contribution in [0.2, 0.25) is 5.02 Å². The van der Waals surface area contributed by atoms with Gasteiger partial charge in [0.25, 0.3) is 0 Å². The van der Waals surface area contributed by atoms with Gasteiger partial charge in [0.1, 0.15) is 11.5 Å². The Balaban J connectivity index is 3.19. The van der Waals surface area contributed by atoms with Gasteiger partial charge < -0.3 is 14.9 Å². The number of ether oxygens (including phenoxy) is 1. The Morgan fingerprint density at radius 3 is 2.67 bits per heavy atom. The Kier molecular flexibility index (Phi) is 2.78. The van der Waals surface area contributed by atoms with E-state index in [4.69, 9.17) is 21.4 Å². The minimum Gasteiger partial charge on any atom is -0.506 e. The molecule has 3 nitrogen and oxygen atoms in total. The molecule has 0 amide bonds. The number of aliphatic hydroxyl groups excluding tert-OH is 1. The Labute approximate surface area is 75.2 Å². The molecule has 0 spiro atoms. The summed E-state index contributed by atoms with van der Waals surface area (Å²) in [5, 5.41) is 18.2.